The lowest BCUT2D eigenvalue weighted by molar-refractivity contribution is 0.533. The molecule has 0 bridgehead atoms. The fraction of sp³-hybridized carbons (Fsp3) is 0.538. The molecule has 0 aliphatic rings. The van der Waals surface area contributed by atoms with Gasteiger partial charge in [-0.3, -0.25) is 0 Å². The van der Waals surface area contributed by atoms with Crippen molar-refractivity contribution >= 4 is 11.8 Å². The first-order valence-corrected chi connectivity index (χ1v) is 6.85. The van der Waals surface area contributed by atoms with Gasteiger partial charge >= 0.3 is 0 Å². The van der Waals surface area contributed by atoms with Crippen LogP contribution in [0.5, 0.6) is 0 Å². The summed E-state index contributed by atoms with van der Waals surface area (Å²) < 4.78 is 0. The molecule has 2 N–H and O–H groups in total. The summed E-state index contributed by atoms with van der Waals surface area (Å²) in [5.41, 5.74) is 1.37. The van der Waals surface area contributed by atoms with E-state index in [0.29, 0.717) is 6.04 Å². The monoisotopic (exact) mass is 238 g/mol. The Kier molecular flexibility index (Phi) is 6.53. The molecular formula is C13H22N2S. The van der Waals surface area contributed by atoms with Gasteiger partial charge in [0.2, 0.25) is 0 Å². The van der Waals surface area contributed by atoms with E-state index in [-0.39, 0.29) is 0 Å². The van der Waals surface area contributed by atoms with Crippen LogP contribution < -0.4 is 10.6 Å². The molecule has 1 unspecified atom stereocenters. The second kappa shape index (κ2) is 7.71. The highest BCUT2D eigenvalue weighted by molar-refractivity contribution is 7.99. The van der Waals surface area contributed by atoms with Crippen molar-refractivity contribution in [1.82, 2.24) is 10.6 Å². The highest BCUT2D eigenvalue weighted by Gasteiger charge is 2.07. The second-order valence-corrected chi connectivity index (χ2v) is 5.07. The number of rotatable bonds is 7. The first-order valence-electron chi connectivity index (χ1n) is 5.86. The molecule has 0 aliphatic carbocycles. The van der Waals surface area contributed by atoms with E-state index >= 15 is 0 Å². The molecule has 0 amide bonds. The van der Waals surface area contributed by atoms with Gasteiger partial charge in [-0.05, 0) is 50.5 Å². The van der Waals surface area contributed by atoms with Crippen LogP contribution in [0.4, 0.5) is 0 Å². The molecule has 1 atom stereocenters. The lowest BCUT2D eigenvalue weighted by atomic mass is 10.0. The highest BCUT2D eigenvalue weighted by Crippen LogP contribution is 2.21. The molecule has 0 saturated heterocycles. The Morgan fingerprint density at radius 2 is 1.88 bits per heavy atom. The van der Waals surface area contributed by atoms with E-state index in [1.807, 2.05) is 25.9 Å². The standard InChI is InChI=1S/C13H22N2S/c1-4-16-12-7-5-11(6-8-12)13(15-3)9-10-14-2/h5-8,13-15H,4,9-10H2,1-3H3. The minimum absolute atomic E-state index is 0.452. The van der Waals surface area contributed by atoms with Gasteiger partial charge in [-0.2, -0.15) is 0 Å². The van der Waals surface area contributed by atoms with Crippen LogP contribution >= 0.6 is 11.8 Å². The Morgan fingerprint density at radius 3 is 2.38 bits per heavy atom. The van der Waals surface area contributed by atoms with Gasteiger partial charge < -0.3 is 10.6 Å². The zero-order valence-corrected chi connectivity index (χ0v) is 11.2. The predicted octanol–water partition coefficient (Wildman–Crippen LogP) is 2.67. The van der Waals surface area contributed by atoms with Gasteiger partial charge in [0, 0.05) is 10.9 Å². The molecule has 1 aromatic carbocycles. The van der Waals surface area contributed by atoms with Gasteiger partial charge in [-0.25, -0.2) is 0 Å². The van der Waals surface area contributed by atoms with Crippen LogP contribution in [0, 0.1) is 0 Å². The van der Waals surface area contributed by atoms with Crippen molar-refractivity contribution in [2.24, 2.45) is 0 Å². The Labute approximate surface area is 103 Å². The summed E-state index contributed by atoms with van der Waals surface area (Å²) in [6, 6.07) is 9.34. The molecule has 90 valence electrons. The fourth-order valence-electron chi connectivity index (χ4n) is 1.73. The average molecular weight is 238 g/mol. The van der Waals surface area contributed by atoms with Crippen molar-refractivity contribution in [3.63, 3.8) is 0 Å². The van der Waals surface area contributed by atoms with Crippen molar-refractivity contribution in [1.29, 1.82) is 0 Å². The molecule has 1 aromatic rings. The smallest absolute Gasteiger partial charge is 0.0329 e. The van der Waals surface area contributed by atoms with E-state index in [4.69, 9.17) is 0 Å². The topological polar surface area (TPSA) is 24.1 Å². The highest BCUT2D eigenvalue weighted by atomic mass is 32.2. The molecule has 2 nitrogen and oxygen atoms in total. The summed E-state index contributed by atoms with van der Waals surface area (Å²) >= 11 is 1.89. The van der Waals surface area contributed by atoms with E-state index in [9.17, 15) is 0 Å². The van der Waals surface area contributed by atoms with Crippen LogP contribution in [0.25, 0.3) is 0 Å². The predicted molar refractivity (Wildman–Crippen MR) is 73.2 cm³/mol. The quantitative estimate of drug-likeness (QED) is 0.714. The minimum Gasteiger partial charge on any atom is -0.320 e. The zero-order valence-electron chi connectivity index (χ0n) is 10.4. The van der Waals surface area contributed by atoms with Gasteiger partial charge in [-0.15, -0.1) is 11.8 Å². The van der Waals surface area contributed by atoms with Crippen LogP contribution in [0.15, 0.2) is 29.2 Å². The number of nitrogens with one attached hydrogen (secondary N) is 2. The number of thioether (sulfide) groups is 1. The van der Waals surface area contributed by atoms with Gasteiger partial charge in [0.25, 0.3) is 0 Å². The Bertz CT molecular complexity index is 284. The summed E-state index contributed by atoms with van der Waals surface area (Å²) in [7, 11) is 4.02. The van der Waals surface area contributed by atoms with Crippen LogP contribution in [0.3, 0.4) is 0 Å². The van der Waals surface area contributed by atoms with Crippen LogP contribution in [0.2, 0.25) is 0 Å². The van der Waals surface area contributed by atoms with Gasteiger partial charge in [0.05, 0.1) is 0 Å². The third kappa shape index (κ3) is 4.16. The second-order valence-electron chi connectivity index (χ2n) is 3.74. The Balaban J connectivity index is 2.62. The van der Waals surface area contributed by atoms with Gasteiger partial charge in [0.15, 0.2) is 0 Å². The summed E-state index contributed by atoms with van der Waals surface area (Å²) in [6.45, 7) is 3.22. The first kappa shape index (κ1) is 13.6. The fourth-order valence-corrected chi connectivity index (χ4v) is 2.39. The molecule has 0 fully saturated rings. The molecule has 0 radical (unpaired) electrons. The van der Waals surface area contributed by atoms with E-state index < -0.39 is 0 Å². The third-order valence-electron chi connectivity index (χ3n) is 2.62. The summed E-state index contributed by atoms with van der Waals surface area (Å²) in [6.07, 6.45) is 1.12. The van der Waals surface area contributed by atoms with Crippen molar-refractivity contribution in [3.05, 3.63) is 29.8 Å². The number of hydrogen-bond donors (Lipinski definition) is 2. The first-order chi connectivity index (χ1) is 7.81. The molecule has 0 aromatic heterocycles. The van der Waals surface area contributed by atoms with Gasteiger partial charge in [-0.1, -0.05) is 19.1 Å². The lowest BCUT2D eigenvalue weighted by Gasteiger charge is -2.16. The maximum absolute atomic E-state index is 3.36. The normalized spacial score (nSPS) is 12.7. The SMILES string of the molecule is CCSc1ccc(C(CCNC)NC)cc1. The molecular weight excluding hydrogens is 216 g/mol. The number of benzene rings is 1. The molecule has 0 heterocycles. The Hall–Kier alpha value is -0.510. The Morgan fingerprint density at radius 1 is 1.19 bits per heavy atom. The molecule has 16 heavy (non-hydrogen) atoms. The zero-order chi connectivity index (χ0) is 11.8. The third-order valence-corrected chi connectivity index (χ3v) is 3.52. The maximum atomic E-state index is 3.36. The van der Waals surface area contributed by atoms with E-state index in [0.717, 1.165) is 18.7 Å². The largest absolute Gasteiger partial charge is 0.320 e. The molecule has 0 spiro atoms. The average Bonchev–Trinajstić information content (AvgIpc) is 2.32. The molecule has 0 aliphatic heterocycles. The van der Waals surface area contributed by atoms with E-state index in [1.165, 1.54) is 10.5 Å². The van der Waals surface area contributed by atoms with E-state index in [2.05, 4.69) is 41.8 Å². The molecule has 3 heteroatoms. The summed E-state index contributed by atoms with van der Waals surface area (Å²) in [4.78, 5) is 1.36. The summed E-state index contributed by atoms with van der Waals surface area (Å²) in [5, 5.41) is 6.55. The maximum Gasteiger partial charge on any atom is 0.0329 e. The minimum atomic E-state index is 0.452. The van der Waals surface area contributed by atoms with Crippen LogP contribution in [-0.4, -0.2) is 26.4 Å². The number of hydrogen-bond acceptors (Lipinski definition) is 3. The van der Waals surface area contributed by atoms with Gasteiger partial charge in [0.1, 0.15) is 0 Å². The lowest BCUT2D eigenvalue weighted by Crippen LogP contribution is -2.21. The molecule has 0 saturated carbocycles. The van der Waals surface area contributed by atoms with Crippen molar-refractivity contribution in [2.75, 3.05) is 26.4 Å². The summed E-state index contributed by atoms with van der Waals surface area (Å²) in [5.74, 6) is 1.13. The van der Waals surface area contributed by atoms with Crippen molar-refractivity contribution < 1.29 is 0 Å². The van der Waals surface area contributed by atoms with E-state index in [1.54, 1.807) is 0 Å². The van der Waals surface area contributed by atoms with Crippen molar-refractivity contribution in [2.45, 2.75) is 24.3 Å². The molecule has 1 rings (SSSR count). The van der Waals surface area contributed by atoms with Crippen molar-refractivity contribution in [3.8, 4) is 0 Å². The van der Waals surface area contributed by atoms with Crippen LogP contribution in [-0.2, 0) is 0 Å². The van der Waals surface area contributed by atoms with Crippen LogP contribution in [0.1, 0.15) is 24.9 Å².